The molecule has 2 N–H and O–H groups in total. The molecule has 0 aromatic carbocycles. The maximum atomic E-state index is 12.1. The Bertz CT molecular complexity index is 172. The summed E-state index contributed by atoms with van der Waals surface area (Å²) in [5.74, 6) is 0. The molecule has 1 aliphatic heterocycles. The molecule has 0 aromatic heterocycles. The topological polar surface area (TPSA) is 38.5 Å². The fourth-order valence-corrected chi connectivity index (χ4v) is 1.77. The smallest absolute Gasteiger partial charge is 0.251 e. The summed E-state index contributed by atoms with van der Waals surface area (Å²) in [6.07, 6.45) is -0.787. The molecule has 14 heavy (non-hydrogen) atoms. The molecule has 5 heteroatoms. The van der Waals surface area contributed by atoms with Crippen LogP contribution in [-0.4, -0.2) is 50.2 Å². The van der Waals surface area contributed by atoms with Crippen LogP contribution in [0.4, 0.5) is 8.78 Å². The van der Waals surface area contributed by atoms with Gasteiger partial charge in [-0.05, 0) is 19.9 Å². The summed E-state index contributed by atoms with van der Waals surface area (Å²) >= 11 is 0. The summed E-state index contributed by atoms with van der Waals surface area (Å²) < 4.78 is 29.3. The van der Waals surface area contributed by atoms with Gasteiger partial charge in [0.15, 0.2) is 0 Å². The van der Waals surface area contributed by atoms with E-state index in [1.807, 2.05) is 0 Å². The van der Waals surface area contributed by atoms with Crippen LogP contribution < -0.4 is 5.73 Å². The van der Waals surface area contributed by atoms with Crippen LogP contribution in [0.25, 0.3) is 0 Å². The minimum absolute atomic E-state index is 0.209. The van der Waals surface area contributed by atoms with E-state index in [4.69, 9.17) is 10.5 Å². The lowest BCUT2D eigenvalue weighted by molar-refractivity contribution is 0.0301. The van der Waals surface area contributed by atoms with Crippen molar-refractivity contribution in [2.75, 3.05) is 33.4 Å². The molecular weight excluding hydrogens is 190 g/mol. The van der Waals surface area contributed by atoms with Crippen LogP contribution >= 0.6 is 0 Å². The van der Waals surface area contributed by atoms with Crippen molar-refractivity contribution in [1.29, 1.82) is 0 Å². The molecule has 0 spiro atoms. The van der Waals surface area contributed by atoms with Gasteiger partial charge in [-0.15, -0.1) is 0 Å². The number of alkyl halides is 2. The van der Waals surface area contributed by atoms with E-state index in [-0.39, 0.29) is 12.1 Å². The van der Waals surface area contributed by atoms with Gasteiger partial charge in [0.2, 0.25) is 0 Å². The summed E-state index contributed by atoms with van der Waals surface area (Å²) in [5.41, 5.74) is 5.72. The maximum Gasteiger partial charge on any atom is 0.251 e. The van der Waals surface area contributed by atoms with Crippen LogP contribution in [0.15, 0.2) is 0 Å². The van der Waals surface area contributed by atoms with Gasteiger partial charge < -0.3 is 10.5 Å². The first kappa shape index (κ1) is 11.8. The molecule has 1 aliphatic rings. The van der Waals surface area contributed by atoms with E-state index in [0.717, 1.165) is 12.8 Å². The second kappa shape index (κ2) is 5.00. The Hall–Kier alpha value is -0.260. The predicted octanol–water partition coefficient (Wildman–Crippen LogP) is 0.691. The van der Waals surface area contributed by atoms with Gasteiger partial charge in [-0.25, -0.2) is 8.78 Å². The van der Waals surface area contributed by atoms with E-state index >= 15 is 0 Å². The lowest BCUT2D eigenvalue weighted by Crippen LogP contribution is -2.53. The maximum absolute atomic E-state index is 12.1. The summed E-state index contributed by atoms with van der Waals surface area (Å²) in [7, 11) is 1.68. The highest BCUT2D eigenvalue weighted by atomic mass is 19.3. The van der Waals surface area contributed by atoms with Crippen LogP contribution in [0.2, 0.25) is 0 Å². The van der Waals surface area contributed by atoms with E-state index < -0.39 is 6.43 Å². The molecule has 0 aromatic rings. The largest absolute Gasteiger partial charge is 0.381 e. The second-order valence-electron chi connectivity index (χ2n) is 4.06. The van der Waals surface area contributed by atoms with Gasteiger partial charge in [0.25, 0.3) is 6.43 Å². The van der Waals surface area contributed by atoms with Crippen LogP contribution in [0.1, 0.15) is 12.8 Å². The van der Waals surface area contributed by atoms with Gasteiger partial charge in [-0.1, -0.05) is 0 Å². The Balaban J connectivity index is 2.33. The first-order valence-corrected chi connectivity index (χ1v) is 4.85. The molecule has 0 radical (unpaired) electrons. The molecule has 3 nitrogen and oxygen atoms in total. The van der Waals surface area contributed by atoms with Crippen molar-refractivity contribution in [3.05, 3.63) is 0 Å². The monoisotopic (exact) mass is 208 g/mol. The van der Waals surface area contributed by atoms with Crippen molar-refractivity contribution >= 4 is 0 Å². The Morgan fingerprint density at radius 2 is 2.00 bits per heavy atom. The molecule has 1 rings (SSSR count). The molecule has 0 aliphatic carbocycles. The quantitative estimate of drug-likeness (QED) is 0.738. The summed E-state index contributed by atoms with van der Waals surface area (Å²) in [4.78, 5) is 1.59. The fourth-order valence-electron chi connectivity index (χ4n) is 1.77. The van der Waals surface area contributed by atoms with Crippen LogP contribution in [0, 0.1) is 0 Å². The molecule has 1 saturated heterocycles. The predicted molar refractivity (Wildman–Crippen MR) is 50.5 cm³/mol. The normalized spacial score (nSPS) is 21.9. The fraction of sp³-hybridized carbons (Fsp3) is 1.00. The number of hydrogen-bond acceptors (Lipinski definition) is 3. The Morgan fingerprint density at radius 3 is 2.50 bits per heavy atom. The molecule has 0 saturated carbocycles. The summed E-state index contributed by atoms with van der Waals surface area (Å²) in [6.45, 7) is 1.58. The van der Waals surface area contributed by atoms with Crippen LogP contribution in [0.5, 0.6) is 0 Å². The van der Waals surface area contributed by atoms with E-state index in [9.17, 15) is 8.78 Å². The first-order valence-electron chi connectivity index (χ1n) is 4.85. The van der Waals surface area contributed by atoms with E-state index in [2.05, 4.69) is 0 Å². The highest BCUT2D eigenvalue weighted by Gasteiger charge is 2.29. The van der Waals surface area contributed by atoms with Crippen molar-refractivity contribution in [1.82, 2.24) is 4.90 Å². The highest BCUT2D eigenvalue weighted by molar-refractivity contribution is 4.89. The zero-order chi connectivity index (χ0) is 10.6. The third-order valence-corrected chi connectivity index (χ3v) is 2.52. The van der Waals surface area contributed by atoms with Crippen molar-refractivity contribution < 1.29 is 13.5 Å². The van der Waals surface area contributed by atoms with Gasteiger partial charge in [0.1, 0.15) is 0 Å². The zero-order valence-electron chi connectivity index (χ0n) is 8.51. The van der Waals surface area contributed by atoms with Crippen molar-refractivity contribution in [2.45, 2.75) is 24.8 Å². The van der Waals surface area contributed by atoms with Crippen LogP contribution in [0.3, 0.4) is 0 Å². The number of likely N-dealkylation sites (N-methyl/N-ethyl adjacent to an activating group) is 1. The van der Waals surface area contributed by atoms with Crippen molar-refractivity contribution in [3.63, 3.8) is 0 Å². The average Bonchev–Trinajstić information content (AvgIpc) is 2.02. The van der Waals surface area contributed by atoms with E-state index in [0.29, 0.717) is 19.8 Å². The van der Waals surface area contributed by atoms with Gasteiger partial charge in [-0.2, -0.15) is 0 Å². The zero-order valence-corrected chi connectivity index (χ0v) is 8.51. The standard InChI is InChI=1S/C9H18F2N2O/c1-13(6-8(10)11)7-9(12)2-4-14-5-3-9/h8H,2-7,12H2,1H3. The van der Waals surface area contributed by atoms with Gasteiger partial charge >= 0.3 is 0 Å². The van der Waals surface area contributed by atoms with Gasteiger partial charge in [-0.3, -0.25) is 4.90 Å². The molecule has 0 bridgehead atoms. The molecular formula is C9H18F2N2O. The SMILES string of the molecule is CN(CC(F)F)CC1(N)CCOCC1. The van der Waals surface area contributed by atoms with Crippen LogP contribution in [-0.2, 0) is 4.74 Å². The van der Waals surface area contributed by atoms with E-state index in [1.54, 1.807) is 11.9 Å². The number of nitrogens with zero attached hydrogens (tertiary/aromatic N) is 1. The first-order chi connectivity index (χ1) is 6.52. The molecule has 0 amide bonds. The molecule has 1 heterocycles. The Labute approximate surface area is 83.2 Å². The minimum atomic E-state index is -2.29. The lowest BCUT2D eigenvalue weighted by Gasteiger charge is -2.36. The minimum Gasteiger partial charge on any atom is -0.381 e. The molecule has 0 unspecified atom stereocenters. The van der Waals surface area contributed by atoms with Crippen molar-refractivity contribution in [2.24, 2.45) is 5.73 Å². The summed E-state index contributed by atoms with van der Waals surface area (Å²) in [5, 5.41) is 0. The average molecular weight is 208 g/mol. The molecule has 84 valence electrons. The van der Waals surface area contributed by atoms with E-state index in [1.165, 1.54) is 0 Å². The third-order valence-electron chi connectivity index (χ3n) is 2.52. The molecule has 0 atom stereocenters. The number of ether oxygens (including phenoxy) is 1. The summed E-state index contributed by atoms with van der Waals surface area (Å²) in [6, 6.07) is 0. The Morgan fingerprint density at radius 1 is 1.43 bits per heavy atom. The van der Waals surface area contributed by atoms with Gasteiger partial charge in [0.05, 0.1) is 6.54 Å². The number of nitrogens with two attached hydrogens (primary N) is 1. The highest BCUT2D eigenvalue weighted by Crippen LogP contribution is 2.18. The number of halogens is 2. The van der Waals surface area contributed by atoms with Crippen molar-refractivity contribution in [3.8, 4) is 0 Å². The lowest BCUT2D eigenvalue weighted by atomic mass is 9.91. The number of rotatable bonds is 4. The third kappa shape index (κ3) is 3.86. The number of hydrogen-bond donors (Lipinski definition) is 1. The Kier molecular flexibility index (Phi) is 4.22. The second-order valence-corrected chi connectivity index (χ2v) is 4.06. The van der Waals surface area contributed by atoms with Gasteiger partial charge in [0, 0.05) is 25.3 Å². The molecule has 1 fully saturated rings.